The molecule has 2 rings (SSSR count). The molecule has 0 aliphatic carbocycles. The molecule has 4 heteroatoms. The highest BCUT2D eigenvalue weighted by Crippen LogP contribution is 2.32. The summed E-state index contributed by atoms with van der Waals surface area (Å²) < 4.78 is 0. The molecule has 0 aromatic heterocycles. The molecule has 1 aliphatic rings. The minimum atomic E-state index is -0.516. The maximum Gasteiger partial charge on any atom is 0.222 e. The van der Waals surface area contributed by atoms with E-state index in [0.717, 1.165) is 24.1 Å². The van der Waals surface area contributed by atoms with Crippen molar-refractivity contribution in [2.75, 3.05) is 11.4 Å². The van der Waals surface area contributed by atoms with Crippen LogP contribution in [0.5, 0.6) is 0 Å². The van der Waals surface area contributed by atoms with Gasteiger partial charge in [0.1, 0.15) is 0 Å². The van der Waals surface area contributed by atoms with Crippen LogP contribution in [0.4, 0.5) is 5.69 Å². The highest BCUT2D eigenvalue weighted by atomic mass is 16.3. The molecule has 4 nitrogen and oxygen atoms in total. The van der Waals surface area contributed by atoms with Crippen molar-refractivity contribution in [1.29, 1.82) is 0 Å². The van der Waals surface area contributed by atoms with Crippen LogP contribution in [-0.2, 0) is 4.79 Å². The molecule has 104 valence electrons. The molecule has 1 heterocycles. The van der Waals surface area contributed by atoms with Crippen LogP contribution in [-0.4, -0.2) is 23.6 Å². The van der Waals surface area contributed by atoms with Gasteiger partial charge in [0.2, 0.25) is 5.91 Å². The standard InChI is InChI=1S/C15H22N2O2/c1-10-7-8-12(15(16)19)9-17(10)14-6-4-3-5-13(14)11(2)18/h3-6,10-12,18H,7-9H2,1-2H3,(H2,16,19). The molecule has 3 N–H and O–H groups in total. The number of carbonyl (C=O) groups is 1. The molecule has 0 bridgehead atoms. The molecule has 1 saturated heterocycles. The summed E-state index contributed by atoms with van der Waals surface area (Å²) in [6.45, 7) is 4.55. The summed E-state index contributed by atoms with van der Waals surface area (Å²) in [5.41, 5.74) is 7.35. The lowest BCUT2D eigenvalue weighted by Gasteiger charge is -2.40. The fourth-order valence-electron chi connectivity index (χ4n) is 2.78. The van der Waals surface area contributed by atoms with Gasteiger partial charge in [-0.05, 0) is 32.8 Å². The lowest BCUT2D eigenvalue weighted by Crippen LogP contribution is -2.46. The molecule has 3 unspecified atom stereocenters. The monoisotopic (exact) mass is 262 g/mol. The summed E-state index contributed by atoms with van der Waals surface area (Å²) in [6, 6.07) is 8.17. The first-order chi connectivity index (χ1) is 9.00. The third-order valence-corrected chi connectivity index (χ3v) is 3.98. The normalized spacial score (nSPS) is 25.1. The van der Waals surface area contributed by atoms with Crippen LogP contribution in [0.2, 0.25) is 0 Å². The number of aliphatic hydroxyl groups is 1. The van der Waals surface area contributed by atoms with Crippen molar-refractivity contribution in [3.63, 3.8) is 0 Å². The van der Waals surface area contributed by atoms with Gasteiger partial charge in [-0.3, -0.25) is 4.79 Å². The largest absolute Gasteiger partial charge is 0.389 e. The lowest BCUT2D eigenvalue weighted by atomic mass is 9.91. The van der Waals surface area contributed by atoms with Gasteiger partial charge in [0.25, 0.3) is 0 Å². The van der Waals surface area contributed by atoms with E-state index in [9.17, 15) is 9.90 Å². The summed E-state index contributed by atoms with van der Waals surface area (Å²) >= 11 is 0. The Kier molecular flexibility index (Phi) is 4.10. The van der Waals surface area contributed by atoms with Crippen molar-refractivity contribution < 1.29 is 9.90 Å². The fourth-order valence-corrected chi connectivity index (χ4v) is 2.78. The Hall–Kier alpha value is -1.55. The highest BCUT2D eigenvalue weighted by molar-refractivity contribution is 5.78. The SMILES string of the molecule is CC(O)c1ccccc1N1CC(C(N)=O)CCC1C. The zero-order chi connectivity index (χ0) is 14.0. The van der Waals surface area contributed by atoms with Gasteiger partial charge in [-0.1, -0.05) is 18.2 Å². The summed E-state index contributed by atoms with van der Waals surface area (Å²) in [5.74, 6) is -0.329. The Morgan fingerprint density at radius 1 is 1.42 bits per heavy atom. The van der Waals surface area contributed by atoms with E-state index >= 15 is 0 Å². The summed E-state index contributed by atoms with van der Waals surface area (Å²) in [5, 5.41) is 9.88. The zero-order valence-corrected chi connectivity index (χ0v) is 11.5. The Morgan fingerprint density at radius 3 is 2.74 bits per heavy atom. The predicted octanol–water partition coefficient (Wildman–Crippen LogP) is 1.83. The number of nitrogens with two attached hydrogens (primary N) is 1. The number of rotatable bonds is 3. The second-order valence-electron chi connectivity index (χ2n) is 5.41. The number of carbonyl (C=O) groups excluding carboxylic acids is 1. The summed E-state index contributed by atoms with van der Waals surface area (Å²) in [4.78, 5) is 13.6. The van der Waals surface area contributed by atoms with E-state index in [2.05, 4.69) is 11.8 Å². The number of para-hydroxylation sites is 1. The Balaban J connectivity index is 2.31. The number of amides is 1. The molecule has 1 aromatic rings. The molecule has 0 radical (unpaired) electrons. The molecule has 0 spiro atoms. The molecule has 3 atom stereocenters. The van der Waals surface area contributed by atoms with Crippen LogP contribution in [0.25, 0.3) is 0 Å². The van der Waals surface area contributed by atoms with Crippen molar-refractivity contribution in [2.24, 2.45) is 11.7 Å². The molecule has 1 aliphatic heterocycles. The molecule has 0 saturated carbocycles. The number of hydrogen-bond donors (Lipinski definition) is 2. The van der Waals surface area contributed by atoms with E-state index in [1.165, 1.54) is 0 Å². The van der Waals surface area contributed by atoms with Crippen LogP contribution < -0.4 is 10.6 Å². The molecular formula is C15H22N2O2. The van der Waals surface area contributed by atoms with Crippen molar-refractivity contribution in [1.82, 2.24) is 0 Å². The first-order valence-corrected chi connectivity index (χ1v) is 6.83. The number of nitrogens with zero attached hydrogens (tertiary/aromatic N) is 1. The molecular weight excluding hydrogens is 240 g/mol. The first-order valence-electron chi connectivity index (χ1n) is 6.83. The van der Waals surface area contributed by atoms with E-state index in [0.29, 0.717) is 12.6 Å². The topological polar surface area (TPSA) is 66.6 Å². The average molecular weight is 262 g/mol. The van der Waals surface area contributed by atoms with Crippen molar-refractivity contribution in [3.05, 3.63) is 29.8 Å². The van der Waals surface area contributed by atoms with Gasteiger partial charge in [0, 0.05) is 23.8 Å². The maximum absolute atomic E-state index is 11.4. The van der Waals surface area contributed by atoms with Gasteiger partial charge in [-0.2, -0.15) is 0 Å². The Morgan fingerprint density at radius 2 is 2.11 bits per heavy atom. The van der Waals surface area contributed by atoms with Gasteiger partial charge >= 0.3 is 0 Å². The Bertz CT molecular complexity index is 459. The first kappa shape index (κ1) is 13.9. The molecule has 1 fully saturated rings. The van der Waals surface area contributed by atoms with Gasteiger partial charge in [0.05, 0.1) is 12.0 Å². The second kappa shape index (κ2) is 5.61. The number of primary amides is 1. The smallest absolute Gasteiger partial charge is 0.222 e. The minimum absolute atomic E-state index is 0.0988. The van der Waals surface area contributed by atoms with Gasteiger partial charge in [-0.15, -0.1) is 0 Å². The van der Waals surface area contributed by atoms with Gasteiger partial charge in [-0.25, -0.2) is 0 Å². The summed E-state index contributed by atoms with van der Waals surface area (Å²) in [7, 11) is 0. The number of piperidine rings is 1. The van der Waals surface area contributed by atoms with Gasteiger partial charge in [0.15, 0.2) is 0 Å². The van der Waals surface area contributed by atoms with Crippen LogP contribution in [0.1, 0.15) is 38.4 Å². The average Bonchev–Trinajstić information content (AvgIpc) is 2.39. The van der Waals surface area contributed by atoms with E-state index < -0.39 is 6.10 Å². The number of benzene rings is 1. The molecule has 19 heavy (non-hydrogen) atoms. The van der Waals surface area contributed by atoms with Crippen molar-refractivity contribution in [3.8, 4) is 0 Å². The lowest BCUT2D eigenvalue weighted by molar-refractivity contribution is -0.122. The predicted molar refractivity (Wildman–Crippen MR) is 75.8 cm³/mol. The Labute approximate surface area is 114 Å². The maximum atomic E-state index is 11.4. The van der Waals surface area contributed by atoms with Crippen LogP contribution in [0.15, 0.2) is 24.3 Å². The van der Waals surface area contributed by atoms with Gasteiger partial charge < -0.3 is 15.7 Å². The second-order valence-corrected chi connectivity index (χ2v) is 5.41. The molecule has 1 aromatic carbocycles. The van der Waals surface area contributed by atoms with E-state index in [1.807, 2.05) is 24.3 Å². The quantitative estimate of drug-likeness (QED) is 0.873. The fraction of sp³-hybridized carbons (Fsp3) is 0.533. The van der Waals surface area contributed by atoms with Crippen LogP contribution in [0, 0.1) is 5.92 Å². The third kappa shape index (κ3) is 2.89. The number of aliphatic hydroxyl groups excluding tert-OH is 1. The highest BCUT2D eigenvalue weighted by Gasteiger charge is 2.30. The van der Waals surface area contributed by atoms with Crippen molar-refractivity contribution >= 4 is 11.6 Å². The number of hydrogen-bond acceptors (Lipinski definition) is 3. The third-order valence-electron chi connectivity index (χ3n) is 3.98. The minimum Gasteiger partial charge on any atom is -0.389 e. The zero-order valence-electron chi connectivity index (χ0n) is 11.5. The number of anilines is 1. The molecule has 1 amide bonds. The van der Waals surface area contributed by atoms with Crippen LogP contribution in [0.3, 0.4) is 0 Å². The van der Waals surface area contributed by atoms with Crippen LogP contribution >= 0.6 is 0 Å². The van der Waals surface area contributed by atoms with E-state index in [1.54, 1.807) is 6.92 Å². The summed E-state index contributed by atoms with van der Waals surface area (Å²) in [6.07, 6.45) is 1.28. The van der Waals surface area contributed by atoms with Crippen molar-refractivity contribution in [2.45, 2.75) is 38.8 Å². The van der Waals surface area contributed by atoms with E-state index in [-0.39, 0.29) is 11.8 Å². The van der Waals surface area contributed by atoms with E-state index in [4.69, 9.17) is 5.73 Å².